The third-order valence-electron chi connectivity index (χ3n) is 4.42. The molecule has 1 aliphatic carbocycles. The van der Waals surface area contributed by atoms with E-state index in [2.05, 4.69) is 19.2 Å². The maximum Gasteiger partial charge on any atom is 0.253 e. The van der Waals surface area contributed by atoms with E-state index in [4.69, 9.17) is 4.74 Å². The highest BCUT2D eigenvalue weighted by molar-refractivity contribution is 5.82. The minimum atomic E-state index is -1.15. The summed E-state index contributed by atoms with van der Waals surface area (Å²) in [6, 6.07) is 7.15. The highest BCUT2D eigenvalue weighted by Gasteiger charge is 2.28. The Morgan fingerprint density at radius 2 is 2.14 bits per heavy atom. The third kappa shape index (κ3) is 3.97. The van der Waals surface area contributed by atoms with Gasteiger partial charge in [0.25, 0.3) is 5.91 Å². The van der Waals surface area contributed by atoms with E-state index in [1.807, 2.05) is 0 Å². The van der Waals surface area contributed by atoms with E-state index in [9.17, 15) is 9.90 Å². The van der Waals surface area contributed by atoms with Crippen LogP contribution in [0.25, 0.3) is 0 Å². The van der Waals surface area contributed by atoms with E-state index in [0.29, 0.717) is 17.2 Å². The number of aliphatic hydroxyl groups excluding tert-OH is 1. The summed E-state index contributed by atoms with van der Waals surface area (Å²) in [5, 5.41) is 13.2. The second-order valence-corrected chi connectivity index (χ2v) is 6.19. The van der Waals surface area contributed by atoms with Crippen molar-refractivity contribution in [3.05, 3.63) is 29.8 Å². The molecule has 21 heavy (non-hydrogen) atoms. The molecule has 2 rings (SSSR count). The van der Waals surface area contributed by atoms with Crippen LogP contribution >= 0.6 is 0 Å². The Kier molecular flexibility index (Phi) is 5.23. The number of hydrogen-bond donors (Lipinski definition) is 2. The first kappa shape index (κ1) is 15.8. The molecule has 1 amide bonds. The molecule has 0 saturated heterocycles. The van der Waals surface area contributed by atoms with Crippen molar-refractivity contribution in [1.29, 1.82) is 0 Å². The van der Waals surface area contributed by atoms with Crippen molar-refractivity contribution >= 4 is 5.91 Å². The number of ether oxygens (including phenoxy) is 1. The monoisotopic (exact) mass is 291 g/mol. The number of aliphatic hydroxyl groups is 1. The summed E-state index contributed by atoms with van der Waals surface area (Å²) < 4.78 is 5.12. The predicted molar refractivity (Wildman–Crippen MR) is 82.1 cm³/mol. The zero-order valence-corrected chi connectivity index (χ0v) is 13.0. The Hall–Kier alpha value is -1.55. The van der Waals surface area contributed by atoms with Crippen molar-refractivity contribution in [3.63, 3.8) is 0 Å². The van der Waals surface area contributed by atoms with Crippen molar-refractivity contribution < 1.29 is 14.6 Å². The van der Waals surface area contributed by atoms with Gasteiger partial charge in [-0.3, -0.25) is 4.79 Å². The highest BCUT2D eigenvalue weighted by Crippen LogP contribution is 2.29. The molecule has 0 aromatic heterocycles. The van der Waals surface area contributed by atoms with E-state index >= 15 is 0 Å². The summed E-state index contributed by atoms with van der Waals surface area (Å²) in [5.41, 5.74) is 0.559. The summed E-state index contributed by atoms with van der Waals surface area (Å²) in [4.78, 5) is 12.2. The van der Waals surface area contributed by atoms with Gasteiger partial charge in [0.1, 0.15) is 5.75 Å². The lowest BCUT2D eigenvalue weighted by molar-refractivity contribution is -0.131. The molecule has 1 saturated carbocycles. The maximum absolute atomic E-state index is 12.2. The number of methoxy groups -OCH3 is 1. The van der Waals surface area contributed by atoms with Crippen LogP contribution in [0.3, 0.4) is 0 Å². The average molecular weight is 291 g/mol. The van der Waals surface area contributed by atoms with Crippen LogP contribution in [-0.4, -0.2) is 24.2 Å². The van der Waals surface area contributed by atoms with Gasteiger partial charge in [0.2, 0.25) is 0 Å². The molecule has 1 aromatic carbocycles. The summed E-state index contributed by atoms with van der Waals surface area (Å²) in [6.45, 7) is 4.41. The number of nitrogens with one attached hydrogen (secondary N) is 1. The van der Waals surface area contributed by atoms with E-state index in [1.54, 1.807) is 31.4 Å². The third-order valence-corrected chi connectivity index (χ3v) is 4.42. The molecular formula is C17H25NO3. The van der Waals surface area contributed by atoms with Gasteiger partial charge < -0.3 is 15.2 Å². The average Bonchev–Trinajstić information content (AvgIpc) is 2.49. The number of carbonyl (C=O) groups is 1. The van der Waals surface area contributed by atoms with Gasteiger partial charge in [-0.25, -0.2) is 0 Å². The minimum absolute atomic E-state index is 0.161. The van der Waals surface area contributed by atoms with Gasteiger partial charge >= 0.3 is 0 Å². The quantitative estimate of drug-likeness (QED) is 0.896. The largest absolute Gasteiger partial charge is 0.497 e. The van der Waals surface area contributed by atoms with Crippen molar-refractivity contribution in [2.75, 3.05) is 7.11 Å². The van der Waals surface area contributed by atoms with E-state index in [1.165, 1.54) is 0 Å². The van der Waals surface area contributed by atoms with Crippen LogP contribution in [-0.2, 0) is 4.79 Å². The fourth-order valence-electron chi connectivity index (χ4n) is 3.10. The number of benzene rings is 1. The summed E-state index contributed by atoms with van der Waals surface area (Å²) in [7, 11) is 1.57. The van der Waals surface area contributed by atoms with Crippen LogP contribution in [0.15, 0.2) is 24.3 Å². The van der Waals surface area contributed by atoms with E-state index in [-0.39, 0.29) is 11.9 Å². The van der Waals surface area contributed by atoms with Gasteiger partial charge in [0.15, 0.2) is 6.10 Å². The second kappa shape index (κ2) is 6.94. The zero-order chi connectivity index (χ0) is 15.4. The van der Waals surface area contributed by atoms with Gasteiger partial charge in [-0.15, -0.1) is 0 Å². The van der Waals surface area contributed by atoms with Gasteiger partial charge in [-0.05, 0) is 48.8 Å². The lowest BCUT2D eigenvalue weighted by atomic mass is 9.80. The molecule has 2 N–H and O–H groups in total. The first-order valence-electron chi connectivity index (χ1n) is 7.63. The smallest absolute Gasteiger partial charge is 0.253 e. The van der Waals surface area contributed by atoms with E-state index in [0.717, 1.165) is 25.2 Å². The highest BCUT2D eigenvalue weighted by atomic mass is 16.5. The van der Waals surface area contributed by atoms with Crippen LogP contribution in [0.2, 0.25) is 0 Å². The van der Waals surface area contributed by atoms with Gasteiger partial charge in [-0.2, -0.15) is 0 Å². The van der Waals surface area contributed by atoms with Crippen LogP contribution < -0.4 is 10.1 Å². The Balaban J connectivity index is 1.99. The zero-order valence-electron chi connectivity index (χ0n) is 13.0. The van der Waals surface area contributed by atoms with Gasteiger partial charge in [0.05, 0.1) is 7.11 Å². The summed E-state index contributed by atoms with van der Waals surface area (Å²) >= 11 is 0. The first-order chi connectivity index (χ1) is 10.0. The molecule has 0 aliphatic heterocycles. The van der Waals surface area contributed by atoms with Crippen LogP contribution in [0, 0.1) is 11.8 Å². The predicted octanol–water partition coefficient (Wildman–Crippen LogP) is 2.67. The molecule has 0 spiro atoms. The molecule has 4 atom stereocenters. The second-order valence-electron chi connectivity index (χ2n) is 6.19. The molecule has 1 aromatic rings. The molecule has 0 radical (unpaired) electrons. The molecule has 116 valence electrons. The van der Waals surface area contributed by atoms with E-state index < -0.39 is 6.10 Å². The Bertz CT molecular complexity index is 489. The molecule has 4 heteroatoms. The molecule has 1 fully saturated rings. The minimum Gasteiger partial charge on any atom is -0.497 e. The van der Waals surface area contributed by atoms with Gasteiger partial charge in [-0.1, -0.05) is 26.0 Å². The van der Waals surface area contributed by atoms with Crippen molar-refractivity contribution in [3.8, 4) is 5.75 Å². The van der Waals surface area contributed by atoms with Crippen molar-refractivity contribution in [2.45, 2.75) is 45.3 Å². The van der Waals surface area contributed by atoms with Gasteiger partial charge in [0, 0.05) is 6.04 Å². The number of carbonyl (C=O) groups excluding carboxylic acids is 1. The fraction of sp³-hybridized carbons (Fsp3) is 0.588. The molecule has 1 aliphatic rings. The van der Waals surface area contributed by atoms with Crippen molar-refractivity contribution in [2.24, 2.45) is 11.8 Å². The number of rotatable bonds is 4. The van der Waals surface area contributed by atoms with Crippen LogP contribution in [0.4, 0.5) is 0 Å². The Morgan fingerprint density at radius 1 is 1.38 bits per heavy atom. The fourth-order valence-corrected chi connectivity index (χ4v) is 3.10. The Labute approximate surface area is 126 Å². The Morgan fingerprint density at radius 3 is 2.81 bits per heavy atom. The lowest BCUT2D eigenvalue weighted by Gasteiger charge is -2.33. The molecule has 4 nitrogen and oxygen atoms in total. The molecule has 0 bridgehead atoms. The topological polar surface area (TPSA) is 58.6 Å². The first-order valence-corrected chi connectivity index (χ1v) is 7.63. The molecule has 4 unspecified atom stereocenters. The van der Waals surface area contributed by atoms with Crippen LogP contribution in [0.1, 0.15) is 44.8 Å². The van der Waals surface area contributed by atoms with Crippen LogP contribution in [0.5, 0.6) is 5.75 Å². The number of amides is 1. The molecular weight excluding hydrogens is 266 g/mol. The SMILES string of the molecule is COc1cccc(C(O)C(=O)NC2CCC(C)CC2C)c1. The summed E-state index contributed by atoms with van der Waals surface area (Å²) in [5.74, 6) is 1.49. The maximum atomic E-state index is 12.2. The summed E-state index contributed by atoms with van der Waals surface area (Å²) in [6.07, 6.45) is 2.09. The standard InChI is InChI=1S/C17H25NO3/c1-11-7-8-15(12(2)9-11)18-17(20)16(19)13-5-4-6-14(10-13)21-3/h4-6,10-12,15-16,19H,7-9H2,1-3H3,(H,18,20). The van der Waals surface area contributed by atoms with Crippen molar-refractivity contribution in [1.82, 2.24) is 5.32 Å². The number of hydrogen-bond acceptors (Lipinski definition) is 3. The normalized spacial score (nSPS) is 27.0. The lowest BCUT2D eigenvalue weighted by Crippen LogP contribution is -2.44. The molecule has 0 heterocycles.